The number of aromatic nitrogens is 1. The molecule has 0 unspecified atom stereocenters. The number of aromatic amines is 1. The van der Waals surface area contributed by atoms with E-state index in [1.165, 1.54) is 54.1 Å². The number of hydrogen-bond acceptors (Lipinski definition) is 2. The zero-order chi connectivity index (χ0) is 18.2. The third-order valence-electron chi connectivity index (χ3n) is 5.19. The lowest BCUT2D eigenvalue weighted by atomic mass is 9.84. The van der Waals surface area contributed by atoms with Gasteiger partial charge in [0.1, 0.15) is 5.75 Å². The minimum Gasteiger partial charge on any atom is -0.497 e. The molecule has 0 aliphatic heterocycles. The Labute approximate surface area is 156 Å². The molecular weight excluding hydrogens is 320 g/mol. The molecule has 0 amide bonds. The summed E-state index contributed by atoms with van der Waals surface area (Å²) in [6, 6.07) is 16.6. The zero-order valence-electron chi connectivity index (χ0n) is 15.9. The predicted molar refractivity (Wildman–Crippen MR) is 110 cm³/mol. The molecule has 2 N–H and O–H groups in total. The lowest BCUT2D eigenvalue weighted by Crippen LogP contribution is -2.04. The van der Waals surface area contributed by atoms with Gasteiger partial charge >= 0.3 is 0 Å². The first-order valence-electron chi connectivity index (χ1n) is 9.65. The van der Waals surface area contributed by atoms with Gasteiger partial charge in [-0.15, -0.1) is 0 Å². The summed E-state index contributed by atoms with van der Waals surface area (Å²) in [4.78, 5) is 3.38. The average Bonchev–Trinajstić information content (AvgIpc) is 3.13. The Balaban J connectivity index is 0.000000185. The van der Waals surface area contributed by atoms with E-state index in [1.807, 2.05) is 31.3 Å². The number of H-pyrrole nitrogens is 1. The second kappa shape index (κ2) is 9.44. The number of nitrogens with one attached hydrogen (secondary N) is 2. The molecular formula is C23H30N2O. The minimum absolute atomic E-state index is 0.740. The standard InChI is InChI=1S/C15H19NO.C8H11N/c1-17-12-7-8-15-13(9-12)14(10-16-15)11-5-3-2-4-6-11;1-9-7-8-5-3-2-4-6-8/h7-11,16H,2-6H2,1H3;2-6,9H,7H2,1H3. The summed E-state index contributed by atoms with van der Waals surface area (Å²) in [6.07, 6.45) is 9.03. The number of benzene rings is 2. The van der Waals surface area contributed by atoms with Crippen LogP contribution in [0.25, 0.3) is 10.9 Å². The van der Waals surface area contributed by atoms with Crippen molar-refractivity contribution in [3.63, 3.8) is 0 Å². The van der Waals surface area contributed by atoms with E-state index in [4.69, 9.17) is 4.74 Å². The Morgan fingerprint density at radius 3 is 2.50 bits per heavy atom. The van der Waals surface area contributed by atoms with Gasteiger partial charge in [0, 0.05) is 23.6 Å². The van der Waals surface area contributed by atoms with E-state index in [-0.39, 0.29) is 0 Å². The highest BCUT2D eigenvalue weighted by molar-refractivity contribution is 5.85. The van der Waals surface area contributed by atoms with E-state index >= 15 is 0 Å². The van der Waals surface area contributed by atoms with Gasteiger partial charge in [-0.1, -0.05) is 49.6 Å². The van der Waals surface area contributed by atoms with Gasteiger partial charge in [-0.05, 0) is 55.1 Å². The molecule has 0 saturated heterocycles. The topological polar surface area (TPSA) is 37.0 Å². The minimum atomic E-state index is 0.740. The van der Waals surface area contributed by atoms with E-state index in [9.17, 15) is 0 Å². The van der Waals surface area contributed by atoms with Crippen LogP contribution in [0, 0.1) is 0 Å². The third-order valence-corrected chi connectivity index (χ3v) is 5.19. The molecule has 138 valence electrons. The van der Waals surface area contributed by atoms with Crippen LogP contribution in [0.5, 0.6) is 5.75 Å². The SMILES string of the molecule is CNCc1ccccc1.COc1ccc2[nH]cc(C3CCCCC3)c2c1. The maximum absolute atomic E-state index is 5.32. The molecule has 1 aliphatic carbocycles. The molecule has 1 saturated carbocycles. The van der Waals surface area contributed by atoms with Crippen LogP contribution < -0.4 is 10.1 Å². The van der Waals surface area contributed by atoms with Gasteiger partial charge in [-0.2, -0.15) is 0 Å². The lowest BCUT2D eigenvalue weighted by molar-refractivity contribution is 0.415. The molecule has 0 spiro atoms. The normalized spacial score (nSPS) is 14.7. The van der Waals surface area contributed by atoms with Crippen molar-refractivity contribution in [2.45, 2.75) is 44.6 Å². The molecule has 2 aromatic carbocycles. The lowest BCUT2D eigenvalue weighted by Gasteiger charge is -2.21. The van der Waals surface area contributed by atoms with Crippen LogP contribution in [0.1, 0.15) is 49.1 Å². The van der Waals surface area contributed by atoms with Gasteiger partial charge in [-0.3, -0.25) is 0 Å². The van der Waals surface area contributed by atoms with Crippen LogP contribution in [-0.2, 0) is 6.54 Å². The second-order valence-corrected chi connectivity index (χ2v) is 7.01. The molecule has 0 radical (unpaired) electrons. The van der Waals surface area contributed by atoms with Crippen LogP contribution in [0.2, 0.25) is 0 Å². The van der Waals surface area contributed by atoms with Crippen molar-refractivity contribution in [3.05, 3.63) is 65.9 Å². The molecule has 0 bridgehead atoms. The molecule has 1 aromatic heterocycles. The summed E-state index contributed by atoms with van der Waals surface area (Å²) < 4.78 is 5.32. The maximum Gasteiger partial charge on any atom is 0.119 e. The summed E-state index contributed by atoms with van der Waals surface area (Å²) in [5.41, 5.74) is 4.05. The van der Waals surface area contributed by atoms with Crippen LogP contribution in [0.3, 0.4) is 0 Å². The Morgan fingerprint density at radius 1 is 1.04 bits per heavy atom. The molecule has 26 heavy (non-hydrogen) atoms. The summed E-state index contributed by atoms with van der Waals surface area (Å²) in [5, 5.41) is 4.43. The summed E-state index contributed by atoms with van der Waals surface area (Å²) >= 11 is 0. The molecule has 0 atom stereocenters. The average molecular weight is 351 g/mol. The highest BCUT2D eigenvalue weighted by atomic mass is 16.5. The van der Waals surface area contributed by atoms with Crippen molar-refractivity contribution in [2.75, 3.05) is 14.2 Å². The largest absolute Gasteiger partial charge is 0.497 e. The number of fused-ring (bicyclic) bond motifs is 1. The van der Waals surface area contributed by atoms with Crippen LogP contribution >= 0.6 is 0 Å². The fourth-order valence-electron chi connectivity index (χ4n) is 3.80. The van der Waals surface area contributed by atoms with Crippen molar-refractivity contribution >= 4 is 10.9 Å². The van der Waals surface area contributed by atoms with E-state index in [0.29, 0.717) is 0 Å². The van der Waals surface area contributed by atoms with Gasteiger partial charge < -0.3 is 15.0 Å². The van der Waals surface area contributed by atoms with Crippen molar-refractivity contribution in [1.82, 2.24) is 10.3 Å². The smallest absolute Gasteiger partial charge is 0.119 e. The fraction of sp³-hybridized carbons (Fsp3) is 0.391. The number of ether oxygens (including phenoxy) is 1. The van der Waals surface area contributed by atoms with Gasteiger partial charge in [0.25, 0.3) is 0 Å². The number of rotatable bonds is 4. The second-order valence-electron chi connectivity index (χ2n) is 7.01. The Bertz CT molecular complexity index is 788. The van der Waals surface area contributed by atoms with Crippen molar-refractivity contribution in [3.8, 4) is 5.75 Å². The van der Waals surface area contributed by atoms with E-state index in [0.717, 1.165) is 18.2 Å². The number of hydrogen-bond donors (Lipinski definition) is 2. The molecule has 1 heterocycles. The van der Waals surface area contributed by atoms with E-state index in [2.05, 4.69) is 40.8 Å². The van der Waals surface area contributed by atoms with Gasteiger partial charge in [0.15, 0.2) is 0 Å². The third kappa shape index (κ3) is 4.67. The summed E-state index contributed by atoms with van der Waals surface area (Å²) in [5.74, 6) is 1.69. The molecule has 3 heteroatoms. The highest BCUT2D eigenvalue weighted by Crippen LogP contribution is 2.37. The molecule has 1 aliphatic rings. The van der Waals surface area contributed by atoms with Crippen LogP contribution in [-0.4, -0.2) is 19.1 Å². The van der Waals surface area contributed by atoms with Crippen molar-refractivity contribution in [2.24, 2.45) is 0 Å². The quantitative estimate of drug-likeness (QED) is 0.640. The maximum atomic E-state index is 5.32. The Hall–Kier alpha value is -2.26. The molecule has 4 rings (SSSR count). The summed E-state index contributed by atoms with van der Waals surface area (Å²) in [7, 11) is 3.68. The number of methoxy groups -OCH3 is 1. The fourth-order valence-corrected chi connectivity index (χ4v) is 3.80. The first kappa shape index (κ1) is 18.5. The molecule has 3 aromatic rings. The van der Waals surface area contributed by atoms with Crippen molar-refractivity contribution in [1.29, 1.82) is 0 Å². The monoisotopic (exact) mass is 350 g/mol. The van der Waals surface area contributed by atoms with Gasteiger partial charge in [-0.25, -0.2) is 0 Å². The first-order chi connectivity index (χ1) is 12.8. The first-order valence-corrected chi connectivity index (χ1v) is 9.65. The van der Waals surface area contributed by atoms with Gasteiger partial charge in [0.2, 0.25) is 0 Å². The summed E-state index contributed by atoms with van der Waals surface area (Å²) in [6.45, 7) is 0.959. The zero-order valence-corrected chi connectivity index (χ0v) is 15.9. The van der Waals surface area contributed by atoms with E-state index in [1.54, 1.807) is 7.11 Å². The molecule has 3 nitrogen and oxygen atoms in total. The van der Waals surface area contributed by atoms with Crippen LogP contribution in [0.15, 0.2) is 54.7 Å². The Morgan fingerprint density at radius 2 is 1.81 bits per heavy atom. The van der Waals surface area contributed by atoms with Crippen LogP contribution in [0.4, 0.5) is 0 Å². The van der Waals surface area contributed by atoms with Gasteiger partial charge in [0.05, 0.1) is 7.11 Å². The molecule has 1 fully saturated rings. The van der Waals surface area contributed by atoms with Crippen molar-refractivity contribution < 1.29 is 4.74 Å². The van der Waals surface area contributed by atoms with E-state index < -0.39 is 0 Å². The highest BCUT2D eigenvalue weighted by Gasteiger charge is 2.18. The predicted octanol–water partition coefficient (Wildman–Crippen LogP) is 5.63. The Kier molecular flexibility index (Phi) is 6.73.